The third-order valence-corrected chi connectivity index (χ3v) is 10.6. The van der Waals surface area contributed by atoms with Crippen LogP contribution in [0.3, 0.4) is 0 Å². The van der Waals surface area contributed by atoms with Crippen molar-refractivity contribution in [1.29, 1.82) is 0 Å². The van der Waals surface area contributed by atoms with E-state index in [1.165, 1.54) is 0 Å². The lowest BCUT2D eigenvalue weighted by molar-refractivity contribution is 0.211. The number of nitrogens with one attached hydrogen (secondary N) is 1. The largest absolute Gasteiger partial charge is 0.508 e. The quantitative estimate of drug-likeness (QED) is 0.107. The maximum atomic E-state index is 12.9. The average molecular weight is 763 g/mol. The number of phenolic OH excluding ortho intramolecular Hbond substituents is 1. The number of hydrogen-bond donors (Lipinski definition) is 3. The van der Waals surface area contributed by atoms with E-state index in [9.17, 15) is 10.2 Å². The van der Waals surface area contributed by atoms with Gasteiger partial charge in [0.05, 0.1) is 62.4 Å². The van der Waals surface area contributed by atoms with Crippen LogP contribution < -0.4 is 23.7 Å². The van der Waals surface area contributed by atoms with Crippen molar-refractivity contribution in [3.63, 3.8) is 0 Å². The Morgan fingerprint density at radius 3 is 1.77 bits per heavy atom. The molecule has 0 saturated carbocycles. The number of aromatic nitrogens is 2. The Morgan fingerprint density at radius 2 is 1.21 bits per heavy atom. The lowest BCUT2D eigenvalue weighted by Crippen LogP contribution is -2.12. The summed E-state index contributed by atoms with van der Waals surface area (Å²) in [4.78, 5) is 3.75. The molecule has 0 bridgehead atoms. The fraction of sp³-hybridized carbons (Fsp3) is 0.208. The second-order valence-corrected chi connectivity index (χ2v) is 14.3. The molecule has 9 nitrogen and oxygen atoms in total. The molecule has 0 radical (unpaired) electrons. The molecular weight excluding hydrogens is 717 g/mol. The van der Waals surface area contributed by atoms with Crippen molar-refractivity contribution in [1.82, 2.24) is 9.55 Å². The summed E-state index contributed by atoms with van der Waals surface area (Å²) < 4.78 is 31.8. The molecule has 0 aliphatic carbocycles. The molecule has 2 aromatic heterocycles. The minimum absolute atomic E-state index is 0.0547. The number of aliphatic hydroxyl groups is 1. The maximum Gasteiger partial charge on any atom is 0.152 e. The average Bonchev–Trinajstić information content (AvgIpc) is 3.79. The molecule has 0 aliphatic rings. The zero-order valence-electron chi connectivity index (χ0n) is 32.9. The zero-order chi connectivity index (χ0) is 39.8. The predicted molar refractivity (Wildman–Crippen MR) is 226 cm³/mol. The molecule has 8 aromatic rings. The first kappa shape index (κ1) is 37.3. The number of benzene rings is 6. The normalized spacial score (nSPS) is 12.1. The molecule has 0 saturated heterocycles. The van der Waals surface area contributed by atoms with E-state index in [1.807, 2.05) is 111 Å². The lowest BCUT2D eigenvalue weighted by Gasteiger charge is -2.20. The number of fused-ring (bicyclic) bond motifs is 5. The number of rotatable bonds is 13. The highest BCUT2D eigenvalue weighted by atomic mass is 16.5. The van der Waals surface area contributed by atoms with Crippen LogP contribution in [-0.4, -0.2) is 54.3 Å². The van der Waals surface area contributed by atoms with E-state index in [4.69, 9.17) is 23.7 Å². The van der Waals surface area contributed by atoms with E-state index in [0.29, 0.717) is 35.7 Å². The smallest absolute Gasteiger partial charge is 0.152 e. The first-order valence-electron chi connectivity index (χ1n) is 19.0. The van der Waals surface area contributed by atoms with Gasteiger partial charge in [0.1, 0.15) is 34.9 Å². The Kier molecular flexibility index (Phi) is 10.2. The highest BCUT2D eigenvalue weighted by Crippen LogP contribution is 2.53. The van der Waals surface area contributed by atoms with Gasteiger partial charge in [-0.3, -0.25) is 0 Å². The Labute approximate surface area is 331 Å². The molecule has 9 heteroatoms. The van der Waals surface area contributed by atoms with Gasteiger partial charge in [-0.05, 0) is 97.1 Å². The van der Waals surface area contributed by atoms with Crippen LogP contribution in [0.5, 0.6) is 34.5 Å². The van der Waals surface area contributed by atoms with Gasteiger partial charge in [-0.15, -0.1) is 0 Å². The first-order valence-corrected chi connectivity index (χ1v) is 19.0. The van der Waals surface area contributed by atoms with Gasteiger partial charge >= 0.3 is 0 Å². The van der Waals surface area contributed by atoms with Crippen molar-refractivity contribution in [2.45, 2.75) is 39.0 Å². The summed E-state index contributed by atoms with van der Waals surface area (Å²) >= 11 is 0. The van der Waals surface area contributed by atoms with Crippen molar-refractivity contribution >= 4 is 32.7 Å². The number of para-hydroxylation sites is 1. The number of aryl methyl sites for hydroxylation is 2. The van der Waals surface area contributed by atoms with Crippen LogP contribution in [0.1, 0.15) is 36.8 Å². The summed E-state index contributed by atoms with van der Waals surface area (Å²) in [5.74, 6) is 3.74. The molecule has 57 heavy (non-hydrogen) atoms. The minimum atomic E-state index is -1.06. The third-order valence-electron chi connectivity index (χ3n) is 10.6. The van der Waals surface area contributed by atoms with Crippen LogP contribution >= 0.6 is 0 Å². The van der Waals surface area contributed by atoms with Gasteiger partial charge < -0.3 is 43.4 Å². The predicted octanol–water partition coefficient (Wildman–Crippen LogP) is 10.5. The van der Waals surface area contributed by atoms with Crippen LogP contribution in [0.25, 0.3) is 55.0 Å². The van der Waals surface area contributed by atoms with E-state index in [0.717, 1.165) is 77.8 Å². The molecule has 2 heterocycles. The standard InChI is InChI=1S/C48H46N2O7/c1-28(2)57-38-9-7-8-37-41-42-39(30-12-20-34(53-3)21-13-30)46(47(52)32-16-24-36(55-5)25-17-32)50(27-26-29-10-18-33(51)19-11-29)45(42)40(31-14-22-35(54-4)23-15-31)48(56-6)44(41)49-43(37)38/h7-25,28,47,49,51-52H,26-27H2,1-6H3. The molecule has 8 rings (SSSR count). The van der Waals surface area contributed by atoms with Gasteiger partial charge in [-0.1, -0.05) is 60.7 Å². The number of H-pyrrole nitrogens is 1. The topological polar surface area (TPSA) is 107 Å². The fourth-order valence-electron chi connectivity index (χ4n) is 7.99. The molecule has 0 aliphatic heterocycles. The van der Waals surface area contributed by atoms with Gasteiger partial charge in [-0.2, -0.15) is 0 Å². The van der Waals surface area contributed by atoms with E-state index in [-0.39, 0.29) is 11.9 Å². The number of phenols is 1. The monoisotopic (exact) mass is 762 g/mol. The maximum absolute atomic E-state index is 12.9. The minimum Gasteiger partial charge on any atom is -0.508 e. The summed E-state index contributed by atoms with van der Waals surface area (Å²) in [6.07, 6.45) is -0.507. The van der Waals surface area contributed by atoms with Gasteiger partial charge in [0, 0.05) is 28.3 Å². The van der Waals surface area contributed by atoms with Gasteiger partial charge in [0.2, 0.25) is 0 Å². The van der Waals surface area contributed by atoms with Crippen molar-refractivity contribution in [3.05, 3.63) is 132 Å². The van der Waals surface area contributed by atoms with Crippen molar-refractivity contribution in [2.75, 3.05) is 28.4 Å². The number of aromatic hydroxyl groups is 1. The highest BCUT2D eigenvalue weighted by molar-refractivity contribution is 6.30. The van der Waals surface area contributed by atoms with Crippen LogP contribution in [0.4, 0.5) is 0 Å². The Bertz CT molecular complexity index is 2680. The molecule has 1 unspecified atom stereocenters. The van der Waals surface area contributed by atoms with Crippen LogP contribution in [0.2, 0.25) is 0 Å². The number of ether oxygens (including phenoxy) is 5. The second kappa shape index (κ2) is 15.5. The molecule has 1 atom stereocenters. The number of methoxy groups -OCH3 is 4. The van der Waals surface area contributed by atoms with E-state index < -0.39 is 6.10 Å². The van der Waals surface area contributed by atoms with E-state index >= 15 is 0 Å². The van der Waals surface area contributed by atoms with Crippen molar-refractivity contribution in [2.24, 2.45) is 0 Å². The van der Waals surface area contributed by atoms with E-state index in [2.05, 4.69) is 15.6 Å². The summed E-state index contributed by atoms with van der Waals surface area (Å²) in [6, 6.07) is 36.9. The summed E-state index contributed by atoms with van der Waals surface area (Å²) in [7, 11) is 6.64. The van der Waals surface area contributed by atoms with Crippen molar-refractivity contribution in [3.8, 4) is 56.8 Å². The Balaban J connectivity index is 1.59. The summed E-state index contributed by atoms with van der Waals surface area (Å²) in [6.45, 7) is 4.53. The number of hydrogen-bond acceptors (Lipinski definition) is 7. The van der Waals surface area contributed by atoms with Crippen molar-refractivity contribution < 1.29 is 33.9 Å². The number of aliphatic hydroxyl groups excluding tert-OH is 1. The molecule has 290 valence electrons. The molecule has 6 aromatic carbocycles. The zero-order valence-corrected chi connectivity index (χ0v) is 32.9. The number of aromatic amines is 1. The molecular formula is C48H46N2O7. The Morgan fingerprint density at radius 1 is 0.632 bits per heavy atom. The molecule has 3 N–H and O–H groups in total. The van der Waals surface area contributed by atoms with Crippen LogP contribution in [0, 0.1) is 0 Å². The van der Waals surface area contributed by atoms with Gasteiger partial charge in [0.15, 0.2) is 5.75 Å². The second-order valence-electron chi connectivity index (χ2n) is 14.3. The Hall–Kier alpha value is -6.58. The van der Waals surface area contributed by atoms with Crippen LogP contribution in [0.15, 0.2) is 115 Å². The highest BCUT2D eigenvalue weighted by Gasteiger charge is 2.32. The first-order chi connectivity index (χ1) is 27.7. The van der Waals surface area contributed by atoms with Gasteiger partial charge in [-0.25, -0.2) is 0 Å². The number of nitrogens with zero attached hydrogens (tertiary/aromatic N) is 1. The SMILES string of the molecule is COc1ccc(-c2c(C(O)c3ccc(OC)cc3)n(CCc3ccc(O)cc3)c3c(-c4ccc(OC)cc4)c(OC)c4[nH]c5c(OC(C)C)cccc5c4c23)cc1. The molecule has 0 spiro atoms. The molecule has 0 fully saturated rings. The van der Waals surface area contributed by atoms with Crippen LogP contribution in [-0.2, 0) is 13.0 Å². The molecule has 0 amide bonds. The lowest BCUT2D eigenvalue weighted by atomic mass is 9.92. The summed E-state index contributed by atoms with van der Waals surface area (Å²) in [5.41, 5.74) is 8.56. The summed E-state index contributed by atoms with van der Waals surface area (Å²) in [5, 5.41) is 25.8. The van der Waals surface area contributed by atoms with Gasteiger partial charge in [0.25, 0.3) is 0 Å². The third kappa shape index (κ3) is 6.74. The fourth-order valence-corrected chi connectivity index (χ4v) is 7.99. The van der Waals surface area contributed by atoms with E-state index in [1.54, 1.807) is 40.6 Å².